The van der Waals surface area contributed by atoms with Crippen LogP contribution in [0.15, 0.2) is 0 Å². The Labute approximate surface area is 108 Å². The van der Waals surface area contributed by atoms with E-state index in [1.807, 2.05) is 20.8 Å². The molecule has 110 valence electrons. The lowest BCUT2D eigenvalue weighted by atomic mass is 9.89. The number of rotatable bonds is 6. The molecule has 18 heavy (non-hydrogen) atoms. The molecule has 2 unspecified atom stereocenters. The van der Waals surface area contributed by atoms with Crippen LogP contribution in [0.1, 0.15) is 46.5 Å². The first-order valence-electron chi connectivity index (χ1n) is 5.79. The first-order valence-corrected chi connectivity index (χ1v) is 9.51. The van der Waals surface area contributed by atoms with Crippen LogP contribution < -0.4 is 0 Å². The summed E-state index contributed by atoms with van der Waals surface area (Å²) in [5.41, 5.74) is 0.0787. The molecule has 0 fully saturated rings. The van der Waals surface area contributed by atoms with Gasteiger partial charge >= 0.3 is 7.60 Å². The monoisotopic (exact) mass is 302 g/mol. The highest BCUT2D eigenvalue weighted by molar-refractivity contribution is 7.74. The third kappa shape index (κ3) is 5.12. The van der Waals surface area contributed by atoms with Crippen LogP contribution in [0, 0.1) is 5.41 Å². The molecule has 0 aliphatic rings. The fourth-order valence-electron chi connectivity index (χ4n) is 1.61. The Morgan fingerprint density at radius 1 is 0.944 bits per heavy atom. The second-order valence-corrected chi connectivity index (χ2v) is 10.6. The molecule has 0 heterocycles. The van der Waals surface area contributed by atoms with Crippen LogP contribution in [0.5, 0.6) is 0 Å². The van der Waals surface area contributed by atoms with E-state index in [1.54, 1.807) is 0 Å². The first-order chi connectivity index (χ1) is 7.71. The number of aliphatic hydroxyl groups is 1. The minimum absolute atomic E-state index is 0.0787. The zero-order valence-electron chi connectivity index (χ0n) is 11.3. The van der Waals surface area contributed by atoms with Gasteiger partial charge in [-0.05, 0) is 24.7 Å². The number of hydrogen-bond donors (Lipinski definition) is 4. The highest BCUT2D eigenvalue weighted by atomic mass is 31.2. The fraction of sp³-hybridized carbons (Fsp3) is 1.00. The largest absolute Gasteiger partial charge is 0.369 e. The average Bonchev–Trinajstić information content (AvgIpc) is 2.06. The summed E-state index contributed by atoms with van der Waals surface area (Å²) in [6.45, 7) is 6.85. The van der Waals surface area contributed by atoms with E-state index < -0.39 is 20.0 Å². The molecule has 0 amide bonds. The van der Waals surface area contributed by atoms with E-state index in [9.17, 15) is 19.1 Å². The van der Waals surface area contributed by atoms with Gasteiger partial charge in [0, 0.05) is 6.66 Å². The molecule has 0 aromatic rings. The van der Waals surface area contributed by atoms with Gasteiger partial charge in [0.15, 0.2) is 0 Å². The van der Waals surface area contributed by atoms with Gasteiger partial charge in [0.25, 0.3) is 0 Å². The van der Waals surface area contributed by atoms with Crippen molar-refractivity contribution in [1.82, 2.24) is 0 Å². The normalized spacial score (nSPS) is 20.2. The lowest BCUT2D eigenvalue weighted by Crippen LogP contribution is -2.28. The molecule has 0 aliphatic heterocycles. The molecule has 2 atom stereocenters. The third-order valence-electron chi connectivity index (χ3n) is 2.82. The second kappa shape index (κ2) is 5.74. The van der Waals surface area contributed by atoms with Crippen LogP contribution in [0.3, 0.4) is 0 Å². The molecule has 0 rings (SSSR count). The molecule has 0 aliphatic carbocycles. The standard InChI is InChI=1S/C10H24O6P2/c1-9(2,3)7-5-6-8-10(11,17(4,12)13)18(14,15)16/h11H,5-8H2,1-4H3,(H,12,13)(H2,14,15,16). The Morgan fingerprint density at radius 3 is 1.61 bits per heavy atom. The van der Waals surface area contributed by atoms with Crippen molar-refractivity contribution in [2.45, 2.75) is 51.5 Å². The van der Waals surface area contributed by atoms with Gasteiger partial charge in [-0.3, -0.25) is 9.13 Å². The highest BCUT2D eigenvalue weighted by Crippen LogP contribution is 2.69. The Morgan fingerprint density at radius 2 is 1.33 bits per heavy atom. The Bertz CT molecular complexity index is 339. The predicted molar refractivity (Wildman–Crippen MR) is 70.7 cm³/mol. The maximum Gasteiger partial charge on any atom is 0.366 e. The summed E-state index contributed by atoms with van der Waals surface area (Å²) in [5.74, 6) is 0. The molecule has 0 spiro atoms. The van der Waals surface area contributed by atoms with E-state index in [0.717, 1.165) is 13.1 Å². The van der Waals surface area contributed by atoms with Crippen molar-refractivity contribution in [3.8, 4) is 0 Å². The molecule has 8 heteroatoms. The Kier molecular flexibility index (Phi) is 5.83. The topological polar surface area (TPSA) is 115 Å². The van der Waals surface area contributed by atoms with Gasteiger partial charge in [0.1, 0.15) is 0 Å². The summed E-state index contributed by atoms with van der Waals surface area (Å²) in [6, 6.07) is 0. The van der Waals surface area contributed by atoms with Crippen molar-refractivity contribution < 1.29 is 28.9 Å². The summed E-state index contributed by atoms with van der Waals surface area (Å²) >= 11 is 0. The van der Waals surface area contributed by atoms with Crippen molar-refractivity contribution >= 4 is 15.0 Å². The summed E-state index contributed by atoms with van der Waals surface area (Å²) in [4.78, 5) is 27.5. The minimum atomic E-state index is -5.05. The third-order valence-corrected chi connectivity index (χ3v) is 7.42. The molecule has 0 saturated heterocycles. The van der Waals surface area contributed by atoms with Gasteiger partial charge in [-0.15, -0.1) is 0 Å². The average molecular weight is 302 g/mol. The van der Waals surface area contributed by atoms with Crippen LogP contribution >= 0.6 is 15.0 Å². The molecular formula is C10H24O6P2. The Balaban J connectivity index is 4.68. The summed E-state index contributed by atoms with van der Waals surface area (Å²) < 4.78 is 22.7. The van der Waals surface area contributed by atoms with Crippen LogP contribution in [0.2, 0.25) is 0 Å². The molecule has 0 aromatic carbocycles. The van der Waals surface area contributed by atoms with Gasteiger partial charge < -0.3 is 19.8 Å². The fourth-order valence-corrected chi connectivity index (χ4v) is 4.57. The van der Waals surface area contributed by atoms with E-state index in [0.29, 0.717) is 6.42 Å². The number of hydrogen-bond acceptors (Lipinski definition) is 3. The summed E-state index contributed by atoms with van der Waals surface area (Å²) in [6.07, 6.45) is 1.35. The first kappa shape index (κ1) is 18.3. The molecular weight excluding hydrogens is 278 g/mol. The maximum absolute atomic E-state index is 11.5. The second-order valence-electron chi connectivity index (χ2n) is 5.97. The Hall–Kier alpha value is 0.300. The molecule has 4 N–H and O–H groups in total. The summed E-state index contributed by atoms with van der Waals surface area (Å²) in [7, 11) is -9.35. The zero-order chi connectivity index (χ0) is 14.8. The van der Waals surface area contributed by atoms with Crippen LogP contribution in [-0.2, 0) is 9.13 Å². The van der Waals surface area contributed by atoms with Crippen molar-refractivity contribution in [3.05, 3.63) is 0 Å². The van der Waals surface area contributed by atoms with Crippen molar-refractivity contribution in [2.24, 2.45) is 5.41 Å². The van der Waals surface area contributed by atoms with Gasteiger partial charge in [-0.2, -0.15) is 0 Å². The van der Waals surface area contributed by atoms with Crippen LogP contribution in [0.25, 0.3) is 0 Å². The van der Waals surface area contributed by atoms with Crippen molar-refractivity contribution in [3.63, 3.8) is 0 Å². The van der Waals surface area contributed by atoms with Crippen LogP contribution in [-0.4, -0.2) is 31.5 Å². The minimum Gasteiger partial charge on any atom is -0.369 e. The molecule has 0 saturated carbocycles. The van der Waals surface area contributed by atoms with Gasteiger partial charge in [-0.25, -0.2) is 0 Å². The SMILES string of the molecule is CC(C)(C)CCCCC(O)(P(C)(=O)O)P(=O)(O)O. The molecule has 6 nitrogen and oxygen atoms in total. The highest BCUT2D eigenvalue weighted by Gasteiger charge is 2.55. The van der Waals surface area contributed by atoms with Gasteiger partial charge in [-0.1, -0.05) is 27.2 Å². The summed E-state index contributed by atoms with van der Waals surface area (Å²) in [5, 5.41) is 7.02. The maximum atomic E-state index is 11.5. The van der Waals surface area contributed by atoms with Crippen LogP contribution in [0.4, 0.5) is 0 Å². The quantitative estimate of drug-likeness (QED) is 0.442. The van der Waals surface area contributed by atoms with E-state index in [4.69, 9.17) is 9.79 Å². The van der Waals surface area contributed by atoms with Crippen molar-refractivity contribution in [1.29, 1.82) is 0 Å². The predicted octanol–water partition coefficient (Wildman–Crippen LogP) is 2.32. The van der Waals surface area contributed by atoms with Gasteiger partial charge in [0.2, 0.25) is 12.5 Å². The lowest BCUT2D eigenvalue weighted by Gasteiger charge is -2.31. The van der Waals surface area contributed by atoms with Crippen molar-refractivity contribution in [2.75, 3.05) is 6.66 Å². The smallest absolute Gasteiger partial charge is 0.366 e. The molecule has 0 radical (unpaired) electrons. The van der Waals surface area contributed by atoms with E-state index in [1.165, 1.54) is 0 Å². The van der Waals surface area contributed by atoms with E-state index >= 15 is 0 Å². The number of unbranched alkanes of at least 4 members (excludes halogenated alkanes) is 1. The molecule has 0 bridgehead atoms. The molecule has 0 aromatic heterocycles. The lowest BCUT2D eigenvalue weighted by molar-refractivity contribution is 0.137. The zero-order valence-corrected chi connectivity index (χ0v) is 13.1. The van der Waals surface area contributed by atoms with E-state index in [2.05, 4.69) is 0 Å². The van der Waals surface area contributed by atoms with Gasteiger partial charge in [0.05, 0.1) is 0 Å². The van der Waals surface area contributed by atoms with E-state index in [-0.39, 0.29) is 18.3 Å².